The zero-order valence-electron chi connectivity index (χ0n) is 7.30. The van der Waals surface area contributed by atoms with Crippen molar-refractivity contribution in [3.63, 3.8) is 0 Å². The Kier molecular flexibility index (Phi) is 5.73. The van der Waals surface area contributed by atoms with E-state index < -0.39 is 6.09 Å². The van der Waals surface area contributed by atoms with Gasteiger partial charge in [0.1, 0.15) is 0 Å². The molecule has 1 aliphatic heterocycles. The summed E-state index contributed by atoms with van der Waals surface area (Å²) in [6, 6.07) is 0. The first-order valence-electron chi connectivity index (χ1n) is 3.29. The molecule has 1 aliphatic rings. The summed E-state index contributed by atoms with van der Waals surface area (Å²) in [6.45, 7) is 0. The molecule has 0 saturated heterocycles. The summed E-state index contributed by atoms with van der Waals surface area (Å²) in [7, 11) is 3.38. The number of hydrogen-bond acceptors (Lipinski definition) is 4. The third kappa shape index (κ3) is 6.00. The van der Waals surface area contributed by atoms with Gasteiger partial charge < -0.3 is 10.0 Å². The lowest BCUT2D eigenvalue weighted by atomic mass is 10.9. The lowest BCUT2D eigenvalue weighted by molar-refractivity contribution is -0.115. The van der Waals surface area contributed by atoms with Gasteiger partial charge >= 0.3 is 6.09 Å². The van der Waals surface area contributed by atoms with Crippen molar-refractivity contribution in [2.45, 2.75) is 0 Å². The normalized spacial score (nSPS) is 13.2. The second-order valence-electron chi connectivity index (χ2n) is 2.22. The number of nitrogens with zero attached hydrogens (tertiary/aromatic N) is 2. The van der Waals surface area contributed by atoms with Crippen LogP contribution in [0.25, 0.3) is 0 Å². The SMILES string of the molecule is CN(C)C=O.O=C(O)N1C=CSN1. The first-order valence-corrected chi connectivity index (χ1v) is 4.17. The predicted molar refractivity (Wildman–Crippen MR) is 49.5 cm³/mol. The summed E-state index contributed by atoms with van der Waals surface area (Å²) in [5.41, 5.74) is 0. The molecule has 6 nitrogen and oxygen atoms in total. The highest BCUT2D eigenvalue weighted by Crippen LogP contribution is 2.06. The Morgan fingerprint density at radius 2 is 2.23 bits per heavy atom. The number of amides is 2. The summed E-state index contributed by atoms with van der Waals surface area (Å²) in [4.78, 5) is 23.4. The van der Waals surface area contributed by atoms with E-state index in [1.54, 1.807) is 19.5 Å². The van der Waals surface area contributed by atoms with Crippen LogP contribution in [0.15, 0.2) is 11.6 Å². The second kappa shape index (κ2) is 6.32. The Hall–Kier alpha value is -1.21. The van der Waals surface area contributed by atoms with E-state index in [1.807, 2.05) is 0 Å². The number of carbonyl (C=O) groups excluding carboxylic acids is 1. The fraction of sp³-hybridized carbons (Fsp3) is 0.333. The Morgan fingerprint density at radius 3 is 2.38 bits per heavy atom. The van der Waals surface area contributed by atoms with Crippen molar-refractivity contribution in [2.75, 3.05) is 14.1 Å². The molecule has 2 amide bonds. The third-order valence-electron chi connectivity index (χ3n) is 0.846. The van der Waals surface area contributed by atoms with Crippen LogP contribution in [-0.4, -0.2) is 41.6 Å². The number of hydrazine groups is 1. The van der Waals surface area contributed by atoms with Crippen LogP contribution < -0.4 is 4.83 Å². The summed E-state index contributed by atoms with van der Waals surface area (Å²) < 4.78 is 0. The van der Waals surface area contributed by atoms with Crippen LogP contribution in [0.2, 0.25) is 0 Å². The van der Waals surface area contributed by atoms with E-state index in [4.69, 9.17) is 5.11 Å². The number of carboxylic acid groups (broad SMARTS) is 1. The lowest BCUT2D eigenvalue weighted by Crippen LogP contribution is -2.29. The molecule has 0 spiro atoms. The number of carbonyl (C=O) groups is 2. The average molecular weight is 205 g/mol. The molecular formula is C6H11N3O3S. The Bertz CT molecular complexity index is 207. The molecule has 13 heavy (non-hydrogen) atoms. The summed E-state index contributed by atoms with van der Waals surface area (Å²) in [5, 5.41) is 10.8. The highest BCUT2D eigenvalue weighted by Gasteiger charge is 2.09. The zero-order valence-corrected chi connectivity index (χ0v) is 8.11. The Labute approximate surface area is 80.3 Å². The predicted octanol–water partition coefficient (Wildman–Crippen LogP) is 0.308. The van der Waals surface area contributed by atoms with E-state index in [0.717, 1.165) is 11.4 Å². The molecule has 2 N–H and O–H groups in total. The van der Waals surface area contributed by atoms with E-state index >= 15 is 0 Å². The molecule has 0 aromatic rings. The van der Waals surface area contributed by atoms with E-state index in [1.165, 1.54) is 23.0 Å². The highest BCUT2D eigenvalue weighted by atomic mass is 32.2. The molecule has 74 valence electrons. The van der Waals surface area contributed by atoms with E-state index in [0.29, 0.717) is 0 Å². The van der Waals surface area contributed by atoms with Crippen molar-refractivity contribution in [1.82, 2.24) is 14.7 Å². The first kappa shape index (κ1) is 11.8. The van der Waals surface area contributed by atoms with Crippen molar-refractivity contribution in [1.29, 1.82) is 0 Å². The van der Waals surface area contributed by atoms with Gasteiger partial charge in [-0.3, -0.25) is 4.79 Å². The molecule has 0 aromatic carbocycles. The molecule has 0 aromatic heterocycles. The standard InChI is InChI=1S/C3H4N2O2S.C3H7NO/c6-3(7)5-1-2-8-4-5;1-4(2)3-5/h1-2,4H,(H,6,7);3H,1-2H3. The second-order valence-corrected chi connectivity index (χ2v) is 2.91. The summed E-state index contributed by atoms with van der Waals surface area (Å²) in [5.74, 6) is 0. The van der Waals surface area contributed by atoms with Gasteiger partial charge in [0.15, 0.2) is 0 Å². The number of nitrogens with one attached hydrogen (secondary N) is 1. The molecule has 0 bridgehead atoms. The van der Waals surface area contributed by atoms with Gasteiger partial charge in [-0.15, -0.1) is 0 Å². The zero-order chi connectivity index (χ0) is 10.3. The maximum Gasteiger partial charge on any atom is 0.426 e. The van der Waals surface area contributed by atoms with Crippen LogP contribution in [0.5, 0.6) is 0 Å². The third-order valence-corrected chi connectivity index (χ3v) is 1.41. The number of rotatable bonds is 1. The maximum atomic E-state index is 10.0. The Morgan fingerprint density at radius 1 is 1.69 bits per heavy atom. The molecule has 0 saturated carbocycles. The van der Waals surface area contributed by atoms with Gasteiger partial charge in [-0.25, -0.2) is 9.80 Å². The van der Waals surface area contributed by atoms with Crippen LogP contribution in [0, 0.1) is 0 Å². The van der Waals surface area contributed by atoms with E-state index in [2.05, 4.69) is 4.83 Å². The quantitative estimate of drug-likeness (QED) is 0.476. The maximum absolute atomic E-state index is 10.0. The molecule has 1 heterocycles. The van der Waals surface area contributed by atoms with Crippen LogP contribution in [0.3, 0.4) is 0 Å². The fourth-order valence-corrected chi connectivity index (χ4v) is 0.808. The molecular weight excluding hydrogens is 194 g/mol. The van der Waals surface area contributed by atoms with Crippen molar-refractivity contribution in [3.8, 4) is 0 Å². The molecule has 0 radical (unpaired) electrons. The minimum Gasteiger partial charge on any atom is -0.464 e. The summed E-state index contributed by atoms with van der Waals surface area (Å²) in [6.07, 6.45) is 1.19. The minimum absolute atomic E-state index is 0.750. The van der Waals surface area contributed by atoms with Crippen molar-refractivity contribution < 1.29 is 14.7 Å². The molecule has 7 heteroatoms. The highest BCUT2D eigenvalue weighted by molar-refractivity contribution is 8.00. The largest absolute Gasteiger partial charge is 0.464 e. The number of hydrogen-bond donors (Lipinski definition) is 2. The average Bonchev–Trinajstić information content (AvgIpc) is 2.57. The summed E-state index contributed by atoms with van der Waals surface area (Å²) >= 11 is 1.23. The van der Waals surface area contributed by atoms with Crippen LogP contribution in [0.4, 0.5) is 4.79 Å². The topological polar surface area (TPSA) is 72.9 Å². The molecule has 0 atom stereocenters. The smallest absolute Gasteiger partial charge is 0.426 e. The van der Waals surface area contributed by atoms with E-state index in [9.17, 15) is 9.59 Å². The van der Waals surface area contributed by atoms with Crippen molar-refractivity contribution in [3.05, 3.63) is 11.6 Å². The Balaban J connectivity index is 0.000000252. The monoisotopic (exact) mass is 205 g/mol. The van der Waals surface area contributed by atoms with Gasteiger partial charge in [0.2, 0.25) is 6.41 Å². The van der Waals surface area contributed by atoms with E-state index in [-0.39, 0.29) is 0 Å². The molecule has 0 unspecified atom stereocenters. The van der Waals surface area contributed by atoms with Gasteiger partial charge in [0, 0.05) is 25.7 Å². The van der Waals surface area contributed by atoms with Gasteiger partial charge in [-0.2, -0.15) is 4.83 Å². The lowest BCUT2D eigenvalue weighted by Gasteiger charge is -2.05. The van der Waals surface area contributed by atoms with Crippen LogP contribution in [-0.2, 0) is 4.79 Å². The van der Waals surface area contributed by atoms with Gasteiger partial charge in [-0.05, 0) is 11.9 Å². The van der Waals surface area contributed by atoms with Crippen molar-refractivity contribution in [2.24, 2.45) is 0 Å². The van der Waals surface area contributed by atoms with Gasteiger partial charge in [0.25, 0.3) is 0 Å². The van der Waals surface area contributed by atoms with Gasteiger partial charge in [-0.1, -0.05) is 0 Å². The van der Waals surface area contributed by atoms with Crippen LogP contribution >= 0.6 is 11.9 Å². The molecule has 1 rings (SSSR count). The van der Waals surface area contributed by atoms with Crippen LogP contribution in [0.1, 0.15) is 0 Å². The fourth-order valence-electron chi connectivity index (χ4n) is 0.312. The van der Waals surface area contributed by atoms with Gasteiger partial charge in [0.05, 0.1) is 0 Å². The molecule has 0 aliphatic carbocycles. The first-order chi connectivity index (χ1) is 6.07. The molecule has 0 fully saturated rings. The van der Waals surface area contributed by atoms with Crippen molar-refractivity contribution >= 4 is 24.5 Å². The minimum atomic E-state index is -0.994.